The number of methoxy groups -OCH3 is 5. The molecule has 154 valence electrons. The van der Waals surface area contributed by atoms with Gasteiger partial charge in [-0.3, -0.25) is 4.79 Å². The van der Waals surface area contributed by atoms with Gasteiger partial charge in [-0.25, -0.2) is 0 Å². The summed E-state index contributed by atoms with van der Waals surface area (Å²) in [4.78, 5) is 15.9. The first-order valence-electron chi connectivity index (χ1n) is 8.87. The third-order valence-corrected chi connectivity index (χ3v) is 4.61. The number of rotatable bonds is 8. The molecule has 8 heteroatoms. The zero-order chi connectivity index (χ0) is 21.0. The second-order valence-corrected chi connectivity index (χ2v) is 6.12. The molecule has 1 amide bonds. The van der Waals surface area contributed by atoms with E-state index < -0.39 is 0 Å². The van der Waals surface area contributed by atoms with Crippen LogP contribution >= 0.6 is 0 Å². The van der Waals surface area contributed by atoms with Gasteiger partial charge in [0.2, 0.25) is 0 Å². The van der Waals surface area contributed by atoms with E-state index in [9.17, 15) is 4.79 Å². The van der Waals surface area contributed by atoms with Gasteiger partial charge in [-0.2, -0.15) is 0 Å². The lowest BCUT2D eigenvalue weighted by Gasteiger charge is -2.12. The lowest BCUT2D eigenvalue weighted by atomic mass is 10.1. The van der Waals surface area contributed by atoms with Crippen molar-refractivity contribution in [3.05, 3.63) is 41.6 Å². The number of hydrogen-bond acceptors (Lipinski definition) is 6. The van der Waals surface area contributed by atoms with Crippen molar-refractivity contribution in [2.45, 2.75) is 6.54 Å². The largest absolute Gasteiger partial charge is 0.496 e. The van der Waals surface area contributed by atoms with Gasteiger partial charge in [-0.15, -0.1) is 0 Å². The van der Waals surface area contributed by atoms with Gasteiger partial charge in [-0.1, -0.05) is 12.1 Å². The van der Waals surface area contributed by atoms with Gasteiger partial charge in [0, 0.05) is 23.6 Å². The van der Waals surface area contributed by atoms with Crippen LogP contribution in [0.4, 0.5) is 0 Å². The van der Waals surface area contributed by atoms with E-state index in [-0.39, 0.29) is 12.5 Å². The van der Waals surface area contributed by atoms with Crippen LogP contribution in [0.2, 0.25) is 0 Å². The van der Waals surface area contributed by atoms with Crippen LogP contribution in [0.3, 0.4) is 0 Å². The topological polar surface area (TPSA) is 91.0 Å². The minimum Gasteiger partial charge on any atom is -0.496 e. The van der Waals surface area contributed by atoms with Crippen molar-refractivity contribution in [3.8, 4) is 28.7 Å². The smallest absolute Gasteiger partial charge is 0.268 e. The summed E-state index contributed by atoms with van der Waals surface area (Å²) in [6.07, 6.45) is 0. The standard InChI is InChI=1S/C21H24N2O6/c1-25-15-8-6-7-12(19(15)28-4)11-22-21(24)14-9-13-16(26-2)10-17(27-3)20(29-5)18(13)23-14/h6-10,23H,11H2,1-5H3,(H,22,24). The Hall–Kier alpha value is -3.55. The van der Waals surface area contributed by atoms with Crippen molar-refractivity contribution in [2.75, 3.05) is 35.5 Å². The van der Waals surface area contributed by atoms with Crippen molar-refractivity contribution in [2.24, 2.45) is 0 Å². The first kappa shape index (κ1) is 20.2. The molecule has 2 aromatic carbocycles. The number of benzene rings is 2. The van der Waals surface area contributed by atoms with Crippen LogP contribution in [0.1, 0.15) is 16.1 Å². The molecule has 0 atom stereocenters. The fourth-order valence-electron chi connectivity index (χ4n) is 3.22. The van der Waals surface area contributed by atoms with E-state index in [0.717, 1.165) is 5.56 Å². The van der Waals surface area contributed by atoms with Crippen molar-refractivity contribution < 1.29 is 28.5 Å². The molecule has 1 aromatic heterocycles. The SMILES string of the molecule is COc1cccc(CNC(=O)c2cc3c(OC)cc(OC)c(OC)c3[nH]2)c1OC. The molecule has 2 N–H and O–H groups in total. The highest BCUT2D eigenvalue weighted by atomic mass is 16.5. The third kappa shape index (κ3) is 3.73. The van der Waals surface area contributed by atoms with Crippen molar-refractivity contribution in [3.63, 3.8) is 0 Å². The zero-order valence-corrected chi connectivity index (χ0v) is 17.0. The summed E-state index contributed by atoms with van der Waals surface area (Å²) in [6, 6.07) is 8.94. The molecule has 0 saturated carbocycles. The quantitative estimate of drug-likeness (QED) is 0.604. The number of amides is 1. The van der Waals surface area contributed by atoms with Crippen molar-refractivity contribution in [1.82, 2.24) is 10.3 Å². The Morgan fingerprint density at radius 1 is 0.862 bits per heavy atom. The van der Waals surface area contributed by atoms with Gasteiger partial charge >= 0.3 is 0 Å². The Labute approximate surface area is 168 Å². The summed E-state index contributed by atoms with van der Waals surface area (Å²) in [7, 11) is 7.77. The number of carbonyl (C=O) groups is 1. The molecule has 0 spiro atoms. The lowest BCUT2D eigenvalue weighted by Crippen LogP contribution is -2.23. The molecule has 8 nitrogen and oxygen atoms in total. The number of aromatic amines is 1. The van der Waals surface area contributed by atoms with Crippen LogP contribution in [0.5, 0.6) is 28.7 Å². The van der Waals surface area contributed by atoms with Gasteiger partial charge in [0.25, 0.3) is 5.91 Å². The monoisotopic (exact) mass is 400 g/mol. The maximum absolute atomic E-state index is 12.8. The number of para-hydroxylation sites is 1. The second kappa shape index (κ2) is 8.64. The molecule has 0 bridgehead atoms. The highest BCUT2D eigenvalue weighted by molar-refractivity contribution is 6.02. The van der Waals surface area contributed by atoms with Crippen LogP contribution in [-0.2, 0) is 6.54 Å². The van der Waals surface area contributed by atoms with Gasteiger partial charge in [0.15, 0.2) is 23.0 Å². The van der Waals surface area contributed by atoms with Crippen LogP contribution in [0.15, 0.2) is 30.3 Å². The minimum atomic E-state index is -0.283. The average molecular weight is 400 g/mol. The zero-order valence-electron chi connectivity index (χ0n) is 17.0. The number of H-pyrrole nitrogens is 1. The lowest BCUT2D eigenvalue weighted by molar-refractivity contribution is 0.0946. The summed E-state index contributed by atoms with van der Waals surface area (Å²) < 4.78 is 26.9. The van der Waals surface area contributed by atoms with Crippen LogP contribution in [-0.4, -0.2) is 46.4 Å². The van der Waals surface area contributed by atoms with Crippen LogP contribution in [0, 0.1) is 0 Å². The maximum Gasteiger partial charge on any atom is 0.268 e. The molecular formula is C21H24N2O6. The van der Waals surface area contributed by atoms with Gasteiger partial charge in [-0.05, 0) is 12.1 Å². The molecular weight excluding hydrogens is 376 g/mol. The van der Waals surface area contributed by atoms with E-state index >= 15 is 0 Å². The molecule has 3 aromatic rings. The molecule has 0 aliphatic rings. The van der Waals surface area contributed by atoms with E-state index in [1.165, 1.54) is 0 Å². The summed E-state index contributed by atoms with van der Waals surface area (Å²) in [5, 5.41) is 3.60. The third-order valence-electron chi connectivity index (χ3n) is 4.61. The number of fused-ring (bicyclic) bond motifs is 1. The highest BCUT2D eigenvalue weighted by Gasteiger charge is 2.20. The average Bonchev–Trinajstić information content (AvgIpc) is 3.21. The van der Waals surface area contributed by atoms with Crippen molar-refractivity contribution >= 4 is 16.8 Å². The fraction of sp³-hybridized carbons (Fsp3) is 0.286. The van der Waals surface area contributed by atoms with Crippen LogP contribution in [0.25, 0.3) is 10.9 Å². The first-order valence-corrected chi connectivity index (χ1v) is 8.87. The minimum absolute atomic E-state index is 0.270. The normalized spacial score (nSPS) is 10.5. The molecule has 0 aliphatic carbocycles. The van der Waals surface area contributed by atoms with E-state index in [4.69, 9.17) is 23.7 Å². The number of carbonyl (C=O) groups excluding carboxylic acids is 1. The van der Waals surface area contributed by atoms with Crippen molar-refractivity contribution in [1.29, 1.82) is 0 Å². The maximum atomic E-state index is 12.8. The van der Waals surface area contributed by atoms with E-state index in [1.54, 1.807) is 53.7 Å². The van der Waals surface area contributed by atoms with Gasteiger partial charge in [0.1, 0.15) is 11.4 Å². The van der Waals surface area contributed by atoms with Gasteiger partial charge in [0.05, 0.1) is 41.1 Å². The molecule has 0 radical (unpaired) electrons. The Kier molecular flexibility index (Phi) is 6.01. The number of nitrogens with one attached hydrogen (secondary N) is 2. The number of hydrogen-bond donors (Lipinski definition) is 2. The fourth-order valence-corrected chi connectivity index (χ4v) is 3.22. The highest BCUT2D eigenvalue weighted by Crippen LogP contribution is 2.41. The predicted octanol–water partition coefficient (Wildman–Crippen LogP) is 3.14. The Morgan fingerprint density at radius 2 is 1.55 bits per heavy atom. The summed E-state index contributed by atoms with van der Waals surface area (Å²) in [5.41, 5.74) is 1.78. The molecule has 0 aliphatic heterocycles. The predicted molar refractivity (Wildman–Crippen MR) is 109 cm³/mol. The Bertz CT molecular complexity index is 1030. The summed E-state index contributed by atoms with van der Waals surface area (Å²) in [6.45, 7) is 0.270. The Morgan fingerprint density at radius 3 is 2.17 bits per heavy atom. The first-order chi connectivity index (χ1) is 14.1. The molecule has 0 unspecified atom stereocenters. The second-order valence-electron chi connectivity index (χ2n) is 6.12. The Balaban J connectivity index is 1.91. The van der Waals surface area contributed by atoms with Gasteiger partial charge < -0.3 is 34.0 Å². The summed E-state index contributed by atoms with van der Waals surface area (Å²) >= 11 is 0. The van der Waals surface area contributed by atoms with E-state index in [1.807, 2.05) is 12.1 Å². The molecule has 0 fully saturated rings. The number of ether oxygens (including phenoxy) is 5. The molecule has 1 heterocycles. The van der Waals surface area contributed by atoms with E-state index in [2.05, 4.69) is 10.3 Å². The molecule has 3 rings (SSSR count). The molecule has 0 saturated heterocycles. The van der Waals surface area contributed by atoms with Crippen LogP contribution < -0.4 is 29.0 Å². The summed E-state index contributed by atoms with van der Waals surface area (Å²) in [5.74, 6) is 2.48. The van der Waals surface area contributed by atoms with E-state index in [0.29, 0.717) is 45.3 Å². The molecule has 29 heavy (non-hydrogen) atoms. The number of aromatic nitrogens is 1.